The summed E-state index contributed by atoms with van der Waals surface area (Å²) in [6.45, 7) is 3.80. The second-order valence-corrected chi connectivity index (χ2v) is 4.83. The molecule has 1 N–H and O–H groups in total. The molecule has 0 aromatic heterocycles. The first-order valence-corrected chi connectivity index (χ1v) is 7.13. The molecule has 1 aromatic carbocycles. The van der Waals surface area contributed by atoms with Gasteiger partial charge in [0.2, 0.25) is 5.91 Å². The Bertz CT molecular complexity index is 456. The van der Waals surface area contributed by atoms with Crippen molar-refractivity contribution >= 4 is 11.9 Å². The first-order chi connectivity index (χ1) is 10.1. The molecule has 1 atom stereocenters. The van der Waals surface area contributed by atoms with Gasteiger partial charge in [0.05, 0.1) is 13.7 Å². The van der Waals surface area contributed by atoms with Crippen LogP contribution in [-0.4, -0.2) is 31.6 Å². The van der Waals surface area contributed by atoms with Gasteiger partial charge in [-0.1, -0.05) is 25.5 Å². The van der Waals surface area contributed by atoms with Crippen molar-refractivity contribution in [3.05, 3.63) is 29.8 Å². The van der Waals surface area contributed by atoms with Crippen LogP contribution in [0.25, 0.3) is 0 Å². The van der Waals surface area contributed by atoms with E-state index in [0.717, 1.165) is 24.2 Å². The fourth-order valence-electron chi connectivity index (χ4n) is 1.85. The number of amides is 1. The Morgan fingerprint density at radius 1 is 1.24 bits per heavy atom. The zero-order valence-electron chi connectivity index (χ0n) is 12.8. The minimum atomic E-state index is -0.659. The Kier molecular flexibility index (Phi) is 7.29. The average molecular weight is 293 g/mol. The van der Waals surface area contributed by atoms with E-state index in [-0.39, 0.29) is 5.91 Å². The van der Waals surface area contributed by atoms with Gasteiger partial charge in [0, 0.05) is 13.3 Å². The van der Waals surface area contributed by atoms with Crippen molar-refractivity contribution in [3.8, 4) is 5.75 Å². The van der Waals surface area contributed by atoms with Crippen LogP contribution in [0.3, 0.4) is 0 Å². The predicted octanol–water partition coefficient (Wildman–Crippen LogP) is 2.09. The van der Waals surface area contributed by atoms with Crippen LogP contribution in [0, 0.1) is 0 Å². The molecule has 0 radical (unpaired) electrons. The molecular formula is C16H23NO4. The highest BCUT2D eigenvalue weighted by atomic mass is 16.5. The third kappa shape index (κ3) is 6.29. The summed E-state index contributed by atoms with van der Waals surface area (Å²) < 4.78 is 10.3. The Morgan fingerprint density at radius 3 is 2.43 bits per heavy atom. The second kappa shape index (κ2) is 9.00. The summed E-state index contributed by atoms with van der Waals surface area (Å²) >= 11 is 0. The van der Waals surface area contributed by atoms with E-state index in [1.54, 1.807) is 7.11 Å². The molecule has 1 amide bonds. The SMILES string of the molecule is CCCCOC(=O)[C@H](Cc1ccc(OC)cc1)NC(C)=O. The number of esters is 1. The van der Waals surface area contributed by atoms with E-state index in [9.17, 15) is 9.59 Å². The van der Waals surface area contributed by atoms with E-state index < -0.39 is 12.0 Å². The van der Waals surface area contributed by atoms with E-state index in [1.807, 2.05) is 31.2 Å². The van der Waals surface area contributed by atoms with Gasteiger partial charge in [-0.15, -0.1) is 0 Å². The van der Waals surface area contributed by atoms with Crippen LogP contribution < -0.4 is 10.1 Å². The Labute approximate surface area is 125 Å². The maximum absolute atomic E-state index is 12.0. The number of unbranched alkanes of at least 4 members (excludes halogenated alkanes) is 1. The molecule has 0 fully saturated rings. The number of ether oxygens (including phenoxy) is 2. The summed E-state index contributed by atoms with van der Waals surface area (Å²) in [7, 11) is 1.60. The van der Waals surface area contributed by atoms with Crippen LogP contribution >= 0.6 is 0 Å². The van der Waals surface area contributed by atoms with E-state index >= 15 is 0 Å². The van der Waals surface area contributed by atoms with Crippen LogP contribution in [0.4, 0.5) is 0 Å². The number of methoxy groups -OCH3 is 1. The third-order valence-electron chi connectivity index (χ3n) is 3.00. The molecule has 5 heteroatoms. The number of hydrogen-bond acceptors (Lipinski definition) is 4. The Balaban J connectivity index is 2.67. The van der Waals surface area contributed by atoms with Crippen LogP contribution in [-0.2, 0) is 20.7 Å². The van der Waals surface area contributed by atoms with E-state index in [1.165, 1.54) is 6.92 Å². The third-order valence-corrected chi connectivity index (χ3v) is 3.00. The van der Waals surface area contributed by atoms with Crippen molar-refractivity contribution in [2.75, 3.05) is 13.7 Å². The standard InChI is InChI=1S/C16H23NO4/c1-4-5-10-21-16(19)15(17-12(2)18)11-13-6-8-14(20-3)9-7-13/h6-9,15H,4-5,10-11H2,1-3H3,(H,17,18)/t15-/m0/s1. The summed E-state index contributed by atoms with van der Waals surface area (Å²) in [6, 6.07) is 6.72. The molecule has 21 heavy (non-hydrogen) atoms. The van der Waals surface area contributed by atoms with Crippen molar-refractivity contribution in [1.82, 2.24) is 5.32 Å². The van der Waals surface area contributed by atoms with Crippen LogP contribution in [0.15, 0.2) is 24.3 Å². The molecule has 0 aliphatic carbocycles. The lowest BCUT2D eigenvalue weighted by Crippen LogP contribution is -2.42. The lowest BCUT2D eigenvalue weighted by molar-refractivity contribution is -0.147. The number of rotatable bonds is 8. The van der Waals surface area contributed by atoms with Gasteiger partial charge in [-0.25, -0.2) is 4.79 Å². The molecule has 1 aromatic rings. The highest BCUT2D eigenvalue weighted by Gasteiger charge is 2.21. The zero-order chi connectivity index (χ0) is 15.7. The van der Waals surface area contributed by atoms with Gasteiger partial charge in [0.15, 0.2) is 0 Å². The number of carbonyl (C=O) groups excluding carboxylic acids is 2. The van der Waals surface area contributed by atoms with Crippen molar-refractivity contribution < 1.29 is 19.1 Å². The fourth-order valence-corrected chi connectivity index (χ4v) is 1.85. The van der Waals surface area contributed by atoms with Gasteiger partial charge in [0.25, 0.3) is 0 Å². The molecule has 0 unspecified atom stereocenters. The minimum absolute atomic E-state index is 0.249. The molecular weight excluding hydrogens is 270 g/mol. The molecule has 5 nitrogen and oxygen atoms in total. The molecule has 116 valence electrons. The van der Waals surface area contributed by atoms with Gasteiger partial charge in [0.1, 0.15) is 11.8 Å². The van der Waals surface area contributed by atoms with E-state index in [4.69, 9.17) is 9.47 Å². The van der Waals surface area contributed by atoms with Crippen molar-refractivity contribution in [1.29, 1.82) is 0 Å². The lowest BCUT2D eigenvalue weighted by atomic mass is 10.1. The van der Waals surface area contributed by atoms with Crippen LogP contribution in [0.2, 0.25) is 0 Å². The normalized spacial score (nSPS) is 11.6. The molecule has 1 rings (SSSR count). The number of benzene rings is 1. The highest BCUT2D eigenvalue weighted by Crippen LogP contribution is 2.13. The molecule has 0 saturated carbocycles. The zero-order valence-corrected chi connectivity index (χ0v) is 12.8. The summed E-state index contributed by atoms with van der Waals surface area (Å²) in [6.07, 6.45) is 2.17. The largest absolute Gasteiger partial charge is 0.497 e. The monoisotopic (exact) mass is 293 g/mol. The number of hydrogen-bond donors (Lipinski definition) is 1. The summed E-state index contributed by atoms with van der Waals surface area (Å²) in [5.74, 6) is 0.107. The van der Waals surface area contributed by atoms with Gasteiger partial charge in [-0.05, 0) is 24.1 Å². The second-order valence-electron chi connectivity index (χ2n) is 4.83. The molecule has 0 heterocycles. The van der Waals surface area contributed by atoms with E-state index in [2.05, 4.69) is 5.32 Å². The van der Waals surface area contributed by atoms with E-state index in [0.29, 0.717) is 13.0 Å². The molecule has 0 aliphatic rings. The molecule has 0 spiro atoms. The highest BCUT2D eigenvalue weighted by molar-refractivity contribution is 5.83. The summed E-state index contributed by atoms with van der Waals surface area (Å²) in [5, 5.41) is 2.64. The van der Waals surface area contributed by atoms with Crippen LogP contribution in [0.1, 0.15) is 32.3 Å². The maximum Gasteiger partial charge on any atom is 0.328 e. The average Bonchev–Trinajstić information content (AvgIpc) is 2.47. The van der Waals surface area contributed by atoms with Crippen molar-refractivity contribution in [2.45, 2.75) is 39.2 Å². The number of carbonyl (C=O) groups is 2. The van der Waals surface area contributed by atoms with Gasteiger partial charge in [-0.3, -0.25) is 4.79 Å². The fraction of sp³-hybridized carbons (Fsp3) is 0.500. The van der Waals surface area contributed by atoms with Gasteiger partial charge in [-0.2, -0.15) is 0 Å². The van der Waals surface area contributed by atoms with Crippen molar-refractivity contribution in [3.63, 3.8) is 0 Å². The van der Waals surface area contributed by atoms with Crippen LogP contribution in [0.5, 0.6) is 5.75 Å². The Morgan fingerprint density at radius 2 is 1.90 bits per heavy atom. The predicted molar refractivity (Wildman–Crippen MR) is 80.2 cm³/mol. The minimum Gasteiger partial charge on any atom is -0.497 e. The van der Waals surface area contributed by atoms with Gasteiger partial charge < -0.3 is 14.8 Å². The van der Waals surface area contributed by atoms with Gasteiger partial charge >= 0.3 is 5.97 Å². The maximum atomic E-state index is 12.0. The lowest BCUT2D eigenvalue weighted by Gasteiger charge is -2.17. The topological polar surface area (TPSA) is 64.6 Å². The molecule has 0 bridgehead atoms. The first-order valence-electron chi connectivity index (χ1n) is 7.13. The molecule has 0 aliphatic heterocycles. The first kappa shape index (κ1) is 17.0. The summed E-state index contributed by atoms with van der Waals surface area (Å²) in [4.78, 5) is 23.3. The smallest absolute Gasteiger partial charge is 0.328 e. The quantitative estimate of drug-likeness (QED) is 0.589. The number of nitrogens with one attached hydrogen (secondary N) is 1. The summed E-state index contributed by atoms with van der Waals surface area (Å²) in [5.41, 5.74) is 0.932. The van der Waals surface area contributed by atoms with Crippen molar-refractivity contribution in [2.24, 2.45) is 0 Å². The Hall–Kier alpha value is -2.04. The molecule has 0 saturated heterocycles.